The minimum absolute atomic E-state index is 0.00989. The highest BCUT2D eigenvalue weighted by atomic mass is 32.1. The molecule has 0 radical (unpaired) electrons. The fourth-order valence-corrected chi connectivity index (χ4v) is 2.16. The molecule has 2 rings (SSSR count). The van der Waals surface area contributed by atoms with Crippen LogP contribution in [0, 0.1) is 6.92 Å². The monoisotopic (exact) mass is 293 g/mol. The van der Waals surface area contributed by atoms with Gasteiger partial charge in [-0.1, -0.05) is 6.07 Å². The number of rotatable bonds is 3. The molecule has 7 nitrogen and oxygen atoms in total. The Hall–Kier alpha value is -2.61. The van der Waals surface area contributed by atoms with Crippen molar-refractivity contribution in [2.75, 3.05) is 10.6 Å². The lowest BCUT2D eigenvalue weighted by atomic mass is 10.2. The Morgan fingerprint density at radius 1 is 1.30 bits per heavy atom. The standard InChI is InChI=1S/C12H11N3O4S/c1-6-5-20-12(13-6)15-11(19)14-8-4-2-3-7(9(8)16)10(17)18/h2-5,16H,1H3,(H,17,18)(H2,13,14,15,19). The lowest BCUT2D eigenvalue weighted by Crippen LogP contribution is -2.19. The number of carboxylic acid groups (broad SMARTS) is 1. The van der Waals surface area contributed by atoms with Gasteiger partial charge in [-0.05, 0) is 19.1 Å². The molecule has 1 heterocycles. The number of thiazole rings is 1. The van der Waals surface area contributed by atoms with E-state index in [1.165, 1.54) is 29.5 Å². The summed E-state index contributed by atoms with van der Waals surface area (Å²) in [5, 5.41) is 25.6. The number of aryl methyl sites for hydroxylation is 1. The van der Waals surface area contributed by atoms with Crippen LogP contribution in [0.3, 0.4) is 0 Å². The number of benzene rings is 1. The van der Waals surface area contributed by atoms with Gasteiger partial charge in [0, 0.05) is 5.38 Å². The Morgan fingerprint density at radius 3 is 2.65 bits per heavy atom. The van der Waals surface area contributed by atoms with E-state index >= 15 is 0 Å². The average Bonchev–Trinajstić information content (AvgIpc) is 2.77. The molecule has 1 aromatic heterocycles. The first kappa shape index (κ1) is 13.8. The van der Waals surface area contributed by atoms with Gasteiger partial charge in [-0.3, -0.25) is 5.32 Å². The number of aromatic carboxylic acids is 1. The van der Waals surface area contributed by atoms with Crippen LogP contribution in [-0.4, -0.2) is 27.2 Å². The second kappa shape index (κ2) is 5.57. The minimum Gasteiger partial charge on any atom is -0.505 e. The number of aromatic nitrogens is 1. The van der Waals surface area contributed by atoms with Crippen LogP contribution in [0.4, 0.5) is 15.6 Å². The quantitative estimate of drug-likeness (QED) is 0.650. The van der Waals surface area contributed by atoms with Crippen LogP contribution < -0.4 is 10.6 Å². The lowest BCUT2D eigenvalue weighted by Gasteiger charge is -2.09. The van der Waals surface area contributed by atoms with Crippen molar-refractivity contribution in [2.24, 2.45) is 0 Å². The highest BCUT2D eigenvalue weighted by Gasteiger charge is 2.15. The van der Waals surface area contributed by atoms with Crippen LogP contribution >= 0.6 is 11.3 Å². The number of para-hydroxylation sites is 1. The molecule has 2 amide bonds. The molecule has 0 saturated heterocycles. The van der Waals surface area contributed by atoms with E-state index in [4.69, 9.17) is 5.11 Å². The number of hydrogen-bond donors (Lipinski definition) is 4. The molecule has 2 aromatic rings. The second-order valence-electron chi connectivity index (χ2n) is 3.88. The maximum absolute atomic E-state index is 11.7. The molecule has 1 aromatic carbocycles. The van der Waals surface area contributed by atoms with Crippen molar-refractivity contribution in [1.82, 2.24) is 4.98 Å². The van der Waals surface area contributed by atoms with Crippen LogP contribution in [0.1, 0.15) is 16.1 Å². The number of hydrogen-bond acceptors (Lipinski definition) is 5. The van der Waals surface area contributed by atoms with E-state index in [9.17, 15) is 14.7 Å². The highest BCUT2D eigenvalue weighted by molar-refractivity contribution is 7.13. The van der Waals surface area contributed by atoms with E-state index in [-0.39, 0.29) is 11.3 Å². The predicted octanol–water partition coefficient (Wildman–Crippen LogP) is 2.50. The smallest absolute Gasteiger partial charge is 0.339 e. The topological polar surface area (TPSA) is 112 Å². The fourth-order valence-electron chi connectivity index (χ4n) is 1.48. The zero-order valence-electron chi connectivity index (χ0n) is 10.4. The van der Waals surface area contributed by atoms with Crippen LogP contribution in [-0.2, 0) is 0 Å². The Balaban J connectivity index is 2.12. The first-order chi connectivity index (χ1) is 9.47. The van der Waals surface area contributed by atoms with E-state index in [0.29, 0.717) is 5.13 Å². The maximum atomic E-state index is 11.7. The molecule has 0 atom stereocenters. The van der Waals surface area contributed by atoms with Gasteiger partial charge in [-0.2, -0.15) is 0 Å². The van der Waals surface area contributed by atoms with Crippen molar-refractivity contribution in [1.29, 1.82) is 0 Å². The average molecular weight is 293 g/mol. The molecule has 0 unspecified atom stereocenters. The third-order valence-corrected chi connectivity index (χ3v) is 3.23. The zero-order valence-corrected chi connectivity index (χ0v) is 11.2. The van der Waals surface area contributed by atoms with Gasteiger partial charge in [0.15, 0.2) is 10.9 Å². The predicted molar refractivity (Wildman–Crippen MR) is 74.6 cm³/mol. The van der Waals surface area contributed by atoms with E-state index in [1.54, 1.807) is 12.3 Å². The largest absolute Gasteiger partial charge is 0.505 e. The SMILES string of the molecule is Cc1csc(NC(=O)Nc2cccc(C(=O)O)c2O)n1. The third kappa shape index (κ3) is 3.04. The molecule has 4 N–H and O–H groups in total. The summed E-state index contributed by atoms with van der Waals surface area (Å²) in [5.74, 6) is -1.77. The van der Waals surface area contributed by atoms with Crippen molar-refractivity contribution in [2.45, 2.75) is 6.92 Å². The normalized spacial score (nSPS) is 10.1. The Bertz CT molecular complexity index is 668. The number of urea groups is 1. The zero-order chi connectivity index (χ0) is 14.7. The van der Waals surface area contributed by atoms with Crippen molar-refractivity contribution >= 4 is 34.2 Å². The molecule has 0 saturated carbocycles. The van der Waals surface area contributed by atoms with E-state index < -0.39 is 17.7 Å². The van der Waals surface area contributed by atoms with E-state index in [1.807, 2.05) is 0 Å². The fraction of sp³-hybridized carbons (Fsp3) is 0.0833. The molecular formula is C12H11N3O4S. The van der Waals surface area contributed by atoms with Crippen LogP contribution in [0.5, 0.6) is 5.75 Å². The van der Waals surface area contributed by atoms with Crippen molar-refractivity contribution in [3.8, 4) is 5.75 Å². The number of nitrogens with zero attached hydrogens (tertiary/aromatic N) is 1. The van der Waals surface area contributed by atoms with Crippen molar-refractivity contribution < 1.29 is 19.8 Å². The molecule has 0 fully saturated rings. The number of aromatic hydroxyl groups is 1. The second-order valence-corrected chi connectivity index (χ2v) is 4.74. The van der Waals surface area contributed by atoms with Gasteiger partial charge in [0.1, 0.15) is 5.56 Å². The molecule has 0 aliphatic carbocycles. The Morgan fingerprint density at radius 2 is 2.05 bits per heavy atom. The maximum Gasteiger partial charge on any atom is 0.339 e. The number of carboxylic acids is 1. The number of nitrogens with one attached hydrogen (secondary N) is 2. The molecule has 0 spiro atoms. The summed E-state index contributed by atoms with van der Waals surface area (Å²) in [7, 11) is 0. The molecule has 0 aliphatic heterocycles. The highest BCUT2D eigenvalue weighted by Crippen LogP contribution is 2.27. The van der Waals surface area contributed by atoms with Gasteiger partial charge >= 0.3 is 12.0 Å². The Kier molecular flexibility index (Phi) is 3.85. The molecule has 8 heteroatoms. The molecule has 0 bridgehead atoms. The summed E-state index contributed by atoms with van der Waals surface area (Å²) < 4.78 is 0. The van der Waals surface area contributed by atoms with E-state index in [2.05, 4.69) is 15.6 Å². The van der Waals surface area contributed by atoms with E-state index in [0.717, 1.165) is 5.69 Å². The van der Waals surface area contributed by atoms with Crippen molar-refractivity contribution in [3.05, 3.63) is 34.8 Å². The van der Waals surface area contributed by atoms with Crippen LogP contribution in [0.2, 0.25) is 0 Å². The van der Waals surface area contributed by atoms with Gasteiger partial charge < -0.3 is 15.5 Å². The van der Waals surface area contributed by atoms with Gasteiger partial charge in [0.25, 0.3) is 0 Å². The third-order valence-electron chi connectivity index (χ3n) is 2.35. The summed E-state index contributed by atoms with van der Waals surface area (Å²) in [5.41, 5.74) is 0.504. The summed E-state index contributed by atoms with van der Waals surface area (Å²) in [6, 6.07) is 3.45. The number of carbonyl (C=O) groups excluding carboxylic acids is 1. The number of carbonyl (C=O) groups is 2. The van der Waals surface area contributed by atoms with Gasteiger partial charge in [0.05, 0.1) is 11.4 Å². The van der Waals surface area contributed by atoms with Gasteiger partial charge in [-0.15, -0.1) is 11.3 Å². The number of anilines is 2. The van der Waals surface area contributed by atoms with Gasteiger partial charge in [-0.25, -0.2) is 14.6 Å². The number of phenols is 1. The summed E-state index contributed by atoms with van der Waals surface area (Å²) in [6.45, 7) is 1.79. The van der Waals surface area contributed by atoms with Crippen LogP contribution in [0.25, 0.3) is 0 Å². The minimum atomic E-state index is -1.28. The lowest BCUT2D eigenvalue weighted by molar-refractivity contribution is 0.0694. The summed E-state index contributed by atoms with van der Waals surface area (Å²) >= 11 is 1.26. The van der Waals surface area contributed by atoms with Gasteiger partial charge in [0.2, 0.25) is 0 Å². The molecule has 20 heavy (non-hydrogen) atoms. The van der Waals surface area contributed by atoms with Crippen LogP contribution in [0.15, 0.2) is 23.6 Å². The Labute approximate surface area is 117 Å². The molecular weight excluding hydrogens is 282 g/mol. The summed E-state index contributed by atoms with van der Waals surface area (Å²) in [6.07, 6.45) is 0. The molecule has 0 aliphatic rings. The first-order valence-electron chi connectivity index (χ1n) is 5.53. The number of amides is 2. The summed E-state index contributed by atoms with van der Waals surface area (Å²) in [4.78, 5) is 26.6. The van der Waals surface area contributed by atoms with Crippen molar-refractivity contribution in [3.63, 3.8) is 0 Å². The molecule has 104 valence electrons. The first-order valence-corrected chi connectivity index (χ1v) is 6.40.